The molecule has 3 rings (SSSR count). The van der Waals surface area contributed by atoms with Crippen molar-refractivity contribution in [3.8, 4) is 17.2 Å². The van der Waals surface area contributed by atoms with Crippen molar-refractivity contribution in [1.82, 2.24) is 5.32 Å². The van der Waals surface area contributed by atoms with Gasteiger partial charge in [0.1, 0.15) is 5.75 Å². The Hall–Kier alpha value is -2.47. The summed E-state index contributed by atoms with van der Waals surface area (Å²) in [7, 11) is 1.61. The zero-order valence-electron chi connectivity index (χ0n) is 13.0. The molecular weight excluding hydrogens is 374 g/mol. The molecule has 0 saturated heterocycles. The summed E-state index contributed by atoms with van der Waals surface area (Å²) in [6, 6.07) is 11.2. The Kier molecular flexibility index (Phi) is 5.05. The number of ether oxygens (including phenoxy) is 3. The summed E-state index contributed by atoms with van der Waals surface area (Å²) in [6.45, 7) is 0.664. The highest BCUT2D eigenvalue weighted by molar-refractivity contribution is 9.10. The van der Waals surface area contributed by atoms with Gasteiger partial charge in [-0.1, -0.05) is 12.1 Å². The van der Waals surface area contributed by atoms with Gasteiger partial charge in [0.2, 0.25) is 12.7 Å². The number of fused-ring (bicyclic) bond motifs is 1. The normalized spacial score (nSPS) is 12.4. The Bertz CT molecular complexity index is 789. The van der Waals surface area contributed by atoms with Crippen molar-refractivity contribution >= 4 is 27.9 Å². The van der Waals surface area contributed by atoms with E-state index >= 15 is 0 Å². The van der Waals surface area contributed by atoms with Crippen LogP contribution in [-0.2, 0) is 11.3 Å². The van der Waals surface area contributed by atoms with Crippen LogP contribution in [0.4, 0.5) is 0 Å². The molecule has 0 radical (unpaired) electrons. The maximum absolute atomic E-state index is 11.9. The molecule has 0 aliphatic carbocycles. The first-order valence-electron chi connectivity index (χ1n) is 7.33. The predicted molar refractivity (Wildman–Crippen MR) is 94.1 cm³/mol. The summed E-state index contributed by atoms with van der Waals surface area (Å²) < 4.78 is 16.6. The molecule has 124 valence electrons. The Morgan fingerprint density at radius 3 is 2.88 bits per heavy atom. The third kappa shape index (κ3) is 3.89. The van der Waals surface area contributed by atoms with Crippen LogP contribution in [0.1, 0.15) is 11.1 Å². The third-order valence-electron chi connectivity index (χ3n) is 3.51. The van der Waals surface area contributed by atoms with Crippen LogP contribution < -0.4 is 19.5 Å². The molecule has 0 unspecified atom stereocenters. The Balaban J connectivity index is 1.56. The highest BCUT2D eigenvalue weighted by Gasteiger charge is 2.13. The molecule has 24 heavy (non-hydrogen) atoms. The van der Waals surface area contributed by atoms with Gasteiger partial charge in [-0.2, -0.15) is 0 Å². The maximum Gasteiger partial charge on any atom is 0.244 e. The van der Waals surface area contributed by atoms with E-state index in [2.05, 4.69) is 21.2 Å². The van der Waals surface area contributed by atoms with E-state index in [-0.39, 0.29) is 12.7 Å². The number of carbonyl (C=O) groups excluding carboxylic acids is 1. The fourth-order valence-corrected chi connectivity index (χ4v) is 2.82. The molecule has 0 fully saturated rings. The zero-order chi connectivity index (χ0) is 16.9. The summed E-state index contributed by atoms with van der Waals surface area (Å²) in [4.78, 5) is 11.9. The molecule has 0 bridgehead atoms. The summed E-state index contributed by atoms with van der Waals surface area (Å²) >= 11 is 3.42. The lowest BCUT2D eigenvalue weighted by atomic mass is 10.2. The van der Waals surface area contributed by atoms with Gasteiger partial charge in [0.25, 0.3) is 0 Å². The molecule has 2 aromatic rings. The monoisotopic (exact) mass is 389 g/mol. The van der Waals surface area contributed by atoms with Crippen LogP contribution in [-0.4, -0.2) is 19.8 Å². The van der Waals surface area contributed by atoms with E-state index in [1.54, 1.807) is 13.2 Å². The van der Waals surface area contributed by atoms with Crippen LogP contribution >= 0.6 is 15.9 Å². The second kappa shape index (κ2) is 7.40. The first-order chi connectivity index (χ1) is 11.7. The zero-order valence-corrected chi connectivity index (χ0v) is 14.6. The van der Waals surface area contributed by atoms with E-state index in [9.17, 15) is 4.79 Å². The third-order valence-corrected chi connectivity index (χ3v) is 4.13. The number of halogens is 1. The molecule has 1 aliphatic rings. The predicted octanol–water partition coefficient (Wildman–Crippen LogP) is 3.52. The van der Waals surface area contributed by atoms with Crippen molar-refractivity contribution in [3.63, 3.8) is 0 Å². The van der Waals surface area contributed by atoms with Gasteiger partial charge >= 0.3 is 0 Å². The van der Waals surface area contributed by atoms with Gasteiger partial charge in [0.05, 0.1) is 11.6 Å². The van der Waals surface area contributed by atoms with Gasteiger partial charge in [-0.15, -0.1) is 0 Å². The van der Waals surface area contributed by atoms with E-state index in [1.165, 1.54) is 6.08 Å². The van der Waals surface area contributed by atoms with Gasteiger partial charge in [-0.25, -0.2) is 0 Å². The molecule has 1 heterocycles. The highest BCUT2D eigenvalue weighted by Crippen LogP contribution is 2.32. The fourth-order valence-electron chi connectivity index (χ4n) is 2.26. The van der Waals surface area contributed by atoms with Crippen molar-refractivity contribution < 1.29 is 19.0 Å². The molecule has 0 atom stereocenters. The quantitative estimate of drug-likeness (QED) is 0.794. The van der Waals surface area contributed by atoms with Crippen molar-refractivity contribution in [3.05, 3.63) is 58.1 Å². The Morgan fingerprint density at radius 2 is 2.08 bits per heavy atom. The summed E-state index contributed by atoms with van der Waals surface area (Å²) in [6.07, 6.45) is 3.25. The van der Waals surface area contributed by atoms with Crippen LogP contribution in [0, 0.1) is 0 Å². The molecule has 0 aromatic heterocycles. The smallest absolute Gasteiger partial charge is 0.244 e. The number of hydrogen-bond donors (Lipinski definition) is 1. The molecular formula is C18H16BrNO4. The van der Waals surface area contributed by atoms with Gasteiger partial charge < -0.3 is 19.5 Å². The number of carbonyl (C=O) groups is 1. The van der Waals surface area contributed by atoms with Crippen molar-refractivity contribution in [2.45, 2.75) is 6.54 Å². The Labute approximate surface area is 148 Å². The maximum atomic E-state index is 11.9. The largest absolute Gasteiger partial charge is 0.496 e. The van der Waals surface area contributed by atoms with Crippen molar-refractivity contribution in [1.29, 1.82) is 0 Å². The molecule has 5 nitrogen and oxygen atoms in total. The number of methoxy groups -OCH3 is 1. The number of benzene rings is 2. The molecule has 1 amide bonds. The molecule has 1 N–H and O–H groups in total. The van der Waals surface area contributed by atoms with Gasteiger partial charge in [-0.3, -0.25) is 4.79 Å². The molecule has 6 heteroatoms. The van der Waals surface area contributed by atoms with E-state index in [0.29, 0.717) is 12.3 Å². The molecule has 0 saturated carbocycles. The summed E-state index contributed by atoms with van der Waals surface area (Å²) in [5.74, 6) is 2.02. The van der Waals surface area contributed by atoms with Gasteiger partial charge in [-0.05, 0) is 57.4 Å². The van der Waals surface area contributed by atoms with Crippen LogP contribution in [0.25, 0.3) is 6.08 Å². The second-order valence-corrected chi connectivity index (χ2v) is 5.99. The topological polar surface area (TPSA) is 56.8 Å². The average molecular weight is 390 g/mol. The SMILES string of the molecule is COc1ccc(/C=C/C(=O)NCc2ccc3c(c2)OCO3)cc1Br. The number of rotatable bonds is 5. The number of hydrogen-bond acceptors (Lipinski definition) is 4. The van der Waals surface area contributed by atoms with Crippen LogP contribution in [0.5, 0.6) is 17.2 Å². The lowest BCUT2D eigenvalue weighted by molar-refractivity contribution is -0.116. The van der Waals surface area contributed by atoms with Crippen molar-refractivity contribution in [2.75, 3.05) is 13.9 Å². The average Bonchev–Trinajstić information content (AvgIpc) is 3.06. The minimum atomic E-state index is -0.167. The van der Waals surface area contributed by atoms with E-state index in [4.69, 9.17) is 14.2 Å². The van der Waals surface area contributed by atoms with E-state index in [0.717, 1.165) is 27.1 Å². The standard InChI is InChI=1S/C18H16BrNO4/c1-22-15-5-2-12(8-14(15)19)4-7-18(21)20-10-13-3-6-16-17(9-13)24-11-23-16/h2-9H,10-11H2,1H3,(H,20,21)/b7-4+. The molecule has 0 spiro atoms. The lowest BCUT2D eigenvalue weighted by Crippen LogP contribution is -2.20. The van der Waals surface area contributed by atoms with Gasteiger partial charge in [0.15, 0.2) is 11.5 Å². The molecule has 2 aromatic carbocycles. The van der Waals surface area contributed by atoms with Crippen LogP contribution in [0.15, 0.2) is 46.9 Å². The fraction of sp³-hybridized carbons (Fsp3) is 0.167. The minimum Gasteiger partial charge on any atom is -0.496 e. The molecule has 1 aliphatic heterocycles. The summed E-state index contributed by atoms with van der Waals surface area (Å²) in [5.41, 5.74) is 1.86. The Morgan fingerprint density at radius 1 is 1.25 bits per heavy atom. The van der Waals surface area contributed by atoms with Crippen molar-refractivity contribution in [2.24, 2.45) is 0 Å². The number of nitrogens with one attached hydrogen (secondary N) is 1. The number of amides is 1. The first-order valence-corrected chi connectivity index (χ1v) is 8.13. The van der Waals surface area contributed by atoms with Gasteiger partial charge in [0, 0.05) is 12.6 Å². The lowest BCUT2D eigenvalue weighted by Gasteiger charge is -2.05. The van der Waals surface area contributed by atoms with E-state index in [1.807, 2.05) is 36.4 Å². The van der Waals surface area contributed by atoms with E-state index < -0.39 is 0 Å². The second-order valence-electron chi connectivity index (χ2n) is 5.13. The van der Waals surface area contributed by atoms with Crippen LogP contribution in [0.2, 0.25) is 0 Å². The highest BCUT2D eigenvalue weighted by atomic mass is 79.9. The minimum absolute atomic E-state index is 0.167. The first kappa shape index (κ1) is 16.4. The van der Waals surface area contributed by atoms with Crippen LogP contribution in [0.3, 0.4) is 0 Å². The summed E-state index contributed by atoms with van der Waals surface area (Å²) in [5, 5.41) is 2.84.